The Kier molecular flexibility index (Phi) is 36.1. The second-order valence-electron chi connectivity index (χ2n) is 13.5. The number of carbonyl (C=O) groups excluding carboxylic acids is 1. The van der Waals surface area contributed by atoms with Gasteiger partial charge in [0.2, 0.25) is 5.91 Å². The Hall–Kier alpha value is -1.54. The summed E-state index contributed by atoms with van der Waals surface area (Å²) in [6.45, 7) is 4.05. The van der Waals surface area contributed by atoms with E-state index in [1.807, 2.05) is 6.08 Å². The lowest BCUT2D eigenvalue weighted by molar-refractivity contribution is -0.123. The SMILES string of the molecule is CCCC/C=C\C/C=C\CCCCCCCC(=O)NC(COP(=O)(O)OCCN)C(O)/C=C/CC/C=C/CCCCCCCCCCCCC. The summed E-state index contributed by atoms with van der Waals surface area (Å²) < 4.78 is 22.0. The fraction of sp³-hybridized carbons (Fsp3) is 0.780. The van der Waals surface area contributed by atoms with E-state index in [1.165, 1.54) is 89.9 Å². The van der Waals surface area contributed by atoms with Crippen LogP contribution in [0.1, 0.15) is 174 Å². The van der Waals surface area contributed by atoms with Crippen molar-refractivity contribution < 1.29 is 28.4 Å². The second-order valence-corrected chi connectivity index (χ2v) is 14.9. The van der Waals surface area contributed by atoms with E-state index in [9.17, 15) is 19.4 Å². The molecule has 0 fully saturated rings. The third-order valence-electron chi connectivity index (χ3n) is 8.63. The van der Waals surface area contributed by atoms with Crippen molar-refractivity contribution in [2.24, 2.45) is 5.73 Å². The van der Waals surface area contributed by atoms with Crippen molar-refractivity contribution in [2.45, 2.75) is 187 Å². The molecule has 0 bridgehead atoms. The molecule has 0 saturated heterocycles. The monoisotopic (exact) mass is 725 g/mol. The normalized spacial score (nSPS) is 14.7. The summed E-state index contributed by atoms with van der Waals surface area (Å²) >= 11 is 0. The molecule has 0 aliphatic carbocycles. The smallest absolute Gasteiger partial charge is 0.387 e. The number of hydrogen-bond donors (Lipinski definition) is 4. The molecule has 0 aliphatic rings. The average molecular weight is 725 g/mol. The van der Waals surface area contributed by atoms with Crippen LogP contribution in [-0.2, 0) is 18.4 Å². The maximum atomic E-state index is 12.7. The molecule has 50 heavy (non-hydrogen) atoms. The minimum atomic E-state index is -4.35. The van der Waals surface area contributed by atoms with Gasteiger partial charge >= 0.3 is 7.82 Å². The molecule has 0 aromatic heterocycles. The fourth-order valence-corrected chi connectivity index (χ4v) is 6.28. The van der Waals surface area contributed by atoms with Gasteiger partial charge < -0.3 is 21.1 Å². The molecule has 9 heteroatoms. The predicted molar refractivity (Wildman–Crippen MR) is 212 cm³/mol. The Morgan fingerprint density at radius 2 is 1.14 bits per heavy atom. The summed E-state index contributed by atoms with van der Waals surface area (Å²) in [5.74, 6) is -0.220. The van der Waals surface area contributed by atoms with Gasteiger partial charge in [-0.25, -0.2) is 4.57 Å². The largest absolute Gasteiger partial charge is 0.472 e. The molecule has 5 N–H and O–H groups in total. The van der Waals surface area contributed by atoms with Crippen LogP contribution < -0.4 is 11.1 Å². The number of hydrogen-bond acceptors (Lipinski definition) is 6. The molecule has 0 radical (unpaired) electrons. The van der Waals surface area contributed by atoms with Crippen molar-refractivity contribution in [3.05, 3.63) is 48.6 Å². The van der Waals surface area contributed by atoms with Crippen molar-refractivity contribution in [1.29, 1.82) is 0 Å². The zero-order valence-electron chi connectivity index (χ0n) is 32.1. The standard InChI is InChI=1S/C41H77N2O6P/c1-3-5-7-9-11-13-15-17-19-20-21-22-24-26-28-30-32-34-40(44)39(38-49-50(46,47)48-37-36-42)43-41(45)35-33-31-29-27-25-23-18-16-14-12-10-8-6-4-2/h10,12,16,18,24,26,32,34,39-40,44H,3-9,11,13-15,17,19-23,25,27-31,33,35-38,42H2,1-2H3,(H,43,45)(H,46,47)/b12-10-,18-16-,26-24+,34-32+. The Labute approximate surface area is 307 Å². The molecule has 0 heterocycles. The highest BCUT2D eigenvalue weighted by Gasteiger charge is 2.26. The molecule has 3 unspecified atom stereocenters. The van der Waals surface area contributed by atoms with Crippen molar-refractivity contribution in [1.82, 2.24) is 5.32 Å². The summed E-state index contributed by atoms with van der Waals surface area (Å²) in [5.41, 5.74) is 5.36. The first-order valence-corrected chi connectivity index (χ1v) is 21.8. The third kappa shape index (κ3) is 34.9. The Morgan fingerprint density at radius 1 is 0.660 bits per heavy atom. The van der Waals surface area contributed by atoms with Crippen molar-refractivity contribution in [3.8, 4) is 0 Å². The molecule has 0 aliphatic heterocycles. The van der Waals surface area contributed by atoms with Gasteiger partial charge in [-0.15, -0.1) is 0 Å². The van der Waals surface area contributed by atoms with Gasteiger partial charge in [0.25, 0.3) is 0 Å². The van der Waals surface area contributed by atoms with E-state index in [1.54, 1.807) is 6.08 Å². The number of nitrogens with two attached hydrogens (primary N) is 1. The number of rotatable bonds is 37. The summed E-state index contributed by atoms with van der Waals surface area (Å²) in [7, 11) is -4.35. The van der Waals surface area contributed by atoms with Crippen LogP contribution in [0.2, 0.25) is 0 Å². The lowest BCUT2D eigenvalue weighted by Gasteiger charge is -2.23. The average Bonchev–Trinajstić information content (AvgIpc) is 3.10. The van der Waals surface area contributed by atoms with Gasteiger partial charge in [0.1, 0.15) is 0 Å². The van der Waals surface area contributed by atoms with Gasteiger partial charge in [0.15, 0.2) is 0 Å². The van der Waals surface area contributed by atoms with Gasteiger partial charge in [0, 0.05) is 13.0 Å². The highest BCUT2D eigenvalue weighted by Crippen LogP contribution is 2.43. The minimum absolute atomic E-state index is 0.0701. The van der Waals surface area contributed by atoms with E-state index < -0.39 is 20.0 Å². The van der Waals surface area contributed by atoms with Gasteiger partial charge in [-0.2, -0.15) is 0 Å². The lowest BCUT2D eigenvalue weighted by Crippen LogP contribution is -2.45. The van der Waals surface area contributed by atoms with Gasteiger partial charge in [-0.05, 0) is 57.8 Å². The topological polar surface area (TPSA) is 131 Å². The van der Waals surface area contributed by atoms with Gasteiger partial charge in [-0.1, -0.05) is 159 Å². The van der Waals surface area contributed by atoms with Crippen LogP contribution in [0.15, 0.2) is 48.6 Å². The van der Waals surface area contributed by atoms with E-state index in [4.69, 9.17) is 14.8 Å². The first kappa shape index (κ1) is 48.5. The van der Waals surface area contributed by atoms with Gasteiger partial charge in [0.05, 0.1) is 25.4 Å². The minimum Gasteiger partial charge on any atom is -0.387 e. The number of allylic oxidation sites excluding steroid dienone is 7. The fourth-order valence-electron chi connectivity index (χ4n) is 5.52. The summed E-state index contributed by atoms with van der Waals surface area (Å²) in [4.78, 5) is 22.6. The molecule has 3 atom stereocenters. The first-order valence-electron chi connectivity index (χ1n) is 20.3. The molecule has 0 aromatic carbocycles. The second kappa shape index (κ2) is 37.2. The number of phosphoric ester groups is 1. The van der Waals surface area contributed by atoms with Crippen molar-refractivity contribution in [3.63, 3.8) is 0 Å². The Balaban J connectivity index is 4.35. The molecule has 0 saturated carbocycles. The van der Waals surface area contributed by atoms with E-state index in [0.29, 0.717) is 6.42 Å². The van der Waals surface area contributed by atoms with E-state index in [-0.39, 0.29) is 25.7 Å². The molecule has 0 spiro atoms. The number of nitrogens with one attached hydrogen (secondary N) is 1. The van der Waals surface area contributed by atoms with E-state index >= 15 is 0 Å². The van der Waals surface area contributed by atoms with Crippen LogP contribution in [0, 0.1) is 0 Å². The number of unbranched alkanes of at least 4 members (excludes halogenated alkanes) is 19. The molecule has 1 amide bonds. The zero-order valence-corrected chi connectivity index (χ0v) is 33.0. The number of phosphoric acid groups is 1. The number of carbonyl (C=O) groups is 1. The number of aliphatic hydroxyl groups excluding tert-OH is 1. The first-order chi connectivity index (χ1) is 24.4. The molecular weight excluding hydrogens is 647 g/mol. The summed E-state index contributed by atoms with van der Waals surface area (Å²) in [5, 5.41) is 13.6. The molecule has 8 nitrogen and oxygen atoms in total. The molecule has 0 aromatic rings. The lowest BCUT2D eigenvalue weighted by atomic mass is 10.1. The highest BCUT2D eigenvalue weighted by atomic mass is 31.2. The zero-order chi connectivity index (χ0) is 36.8. The van der Waals surface area contributed by atoms with Crippen molar-refractivity contribution >= 4 is 13.7 Å². The third-order valence-corrected chi connectivity index (χ3v) is 9.61. The van der Waals surface area contributed by atoms with Crippen LogP contribution in [0.3, 0.4) is 0 Å². The van der Waals surface area contributed by atoms with Crippen LogP contribution in [0.5, 0.6) is 0 Å². The van der Waals surface area contributed by atoms with Crippen molar-refractivity contribution in [2.75, 3.05) is 19.8 Å². The highest BCUT2D eigenvalue weighted by molar-refractivity contribution is 7.47. The Bertz CT molecular complexity index is 923. The molecular formula is C41H77N2O6P. The number of aliphatic hydroxyl groups is 1. The van der Waals surface area contributed by atoms with Crippen LogP contribution in [0.25, 0.3) is 0 Å². The summed E-state index contributed by atoms with van der Waals surface area (Å²) in [6, 6.07) is -0.884. The molecule has 292 valence electrons. The Morgan fingerprint density at radius 3 is 1.72 bits per heavy atom. The van der Waals surface area contributed by atoms with Crippen LogP contribution in [-0.4, -0.2) is 47.8 Å². The maximum Gasteiger partial charge on any atom is 0.472 e. The van der Waals surface area contributed by atoms with Crippen LogP contribution >= 0.6 is 7.82 Å². The van der Waals surface area contributed by atoms with E-state index in [2.05, 4.69) is 55.6 Å². The summed E-state index contributed by atoms with van der Waals surface area (Å²) in [6.07, 6.45) is 44.4. The molecule has 0 rings (SSSR count). The number of amides is 1. The predicted octanol–water partition coefficient (Wildman–Crippen LogP) is 10.9. The maximum absolute atomic E-state index is 12.7. The van der Waals surface area contributed by atoms with Crippen LogP contribution in [0.4, 0.5) is 0 Å². The van der Waals surface area contributed by atoms with E-state index in [0.717, 1.165) is 64.2 Å². The quantitative estimate of drug-likeness (QED) is 0.0285. The van der Waals surface area contributed by atoms with Gasteiger partial charge in [-0.3, -0.25) is 13.8 Å².